The Morgan fingerprint density at radius 1 is 1.33 bits per heavy atom. The van der Waals surface area contributed by atoms with Crippen molar-refractivity contribution in [3.05, 3.63) is 59.8 Å². The van der Waals surface area contributed by atoms with E-state index in [9.17, 15) is 14.7 Å². The van der Waals surface area contributed by atoms with Crippen LogP contribution in [0.2, 0.25) is 0 Å². The van der Waals surface area contributed by atoms with Gasteiger partial charge in [0.2, 0.25) is 5.88 Å². The van der Waals surface area contributed by atoms with E-state index < -0.39 is 17.4 Å². The quantitative estimate of drug-likeness (QED) is 0.777. The summed E-state index contributed by atoms with van der Waals surface area (Å²) in [6, 6.07) is 11.7. The smallest absolute Gasteiger partial charge is 0.334 e. The number of amides is 1. The molecule has 2 unspecified atom stereocenters. The van der Waals surface area contributed by atoms with E-state index in [0.29, 0.717) is 24.7 Å². The number of hydrogen-bond donors (Lipinski definition) is 2. The van der Waals surface area contributed by atoms with E-state index in [1.165, 1.54) is 18.3 Å². The van der Waals surface area contributed by atoms with Crippen molar-refractivity contribution in [2.24, 2.45) is 0 Å². The molecule has 2 aromatic rings. The van der Waals surface area contributed by atoms with Crippen molar-refractivity contribution in [1.29, 1.82) is 0 Å². The van der Waals surface area contributed by atoms with Gasteiger partial charge in [-0.05, 0) is 18.1 Å². The average Bonchev–Trinajstić information content (AvgIpc) is 3.19. The number of carbonyl (C=O) groups is 2. The molecule has 1 saturated heterocycles. The van der Waals surface area contributed by atoms with Crippen LogP contribution in [0, 0.1) is 0 Å². The summed E-state index contributed by atoms with van der Waals surface area (Å²) in [7, 11) is 0. The second-order valence-electron chi connectivity index (χ2n) is 6.37. The number of rotatable bonds is 7. The lowest BCUT2D eigenvalue weighted by Crippen LogP contribution is -2.51. The van der Waals surface area contributed by atoms with Crippen molar-refractivity contribution in [3.63, 3.8) is 0 Å². The summed E-state index contributed by atoms with van der Waals surface area (Å²) in [6.07, 6.45) is 2.35. The molecule has 0 radical (unpaired) electrons. The molecular weight excluding hydrogens is 348 g/mol. The molecule has 1 aliphatic heterocycles. The minimum atomic E-state index is -1.51. The number of pyridine rings is 1. The van der Waals surface area contributed by atoms with Crippen LogP contribution in [0.3, 0.4) is 0 Å². The summed E-state index contributed by atoms with van der Waals surface area (Å²) in [6.45, 7) is 2.85. The number of benzene rings is 1. The zero-order valence-corrected chi connectivity index (χ0v) is 15.1. The molecule has 1 aromatic carbocycles. The first kappa shape index (κ1) is 18.8. The molecule has 1 fully saturated rings. The van der Waals surface area contributed by atoms with Crippen LogP contribution in [0.15, 0.2) is 48.7 Å². The predicted molar refractivity (Wildman–Crippen MR) is 97.6 cm³/mol. The Hall–Kier alpha value is -2.93. The van der Waals surface area contributed by atoms with Gasteiger partial charge in [-0.1, -0.05) is 37.3 Å². The van der Waals surface area contributed by atoms with Crippen molar-refractivity contribution in [2.75, 3.05) is 13.2 Å². The van der Waals surface area contributed by atoms with Crippen LogP contribution in [0.1, 0.15) is 35.7 Å². The molecule has 2 atom stereocenters. The largest absolute Gasteiger partial charge is 0.479 e. The Kier molecular flexibility index (Phi) is 5.71. The molecule has 27 heavy (non-hydrogen) atoms. The number of nitrogens with zero attached hydrogens (tertiary/aromatic N) is 1. The van der Waals surface area contributed by atoms with Gasteiger partial charge in [0.1, 0.15) is 6.10 Å². The van der Waals surface area contributed by atoms with Gasteiger partial charge in [-0.15, -0.1) is 0 Å². The van der Waals surface area contributed by atoms with Crippen LogP contribution < -0.4 is 10.1 Å². The third kappa shape index (κ3) is 4.09. The summed E-state index contributed by atoms with van der Waals surface area (Å²) in [5.74, 6) is -1.30. The first-order valence-electron chi connectivity index (χ1n) is 8.87. The van der Waals surface area contributed by atoms with Crippen molar-refractivity contribution < 1.29 is 24.2 Å². The Morgan fingerprint density at radius 3 is 2.74 bits per heavy atom. The fourth-order valence-electron chi connectivity index (χ4n) is 3.07. The average molecular weight is 370 g/mol. The summed E-state index contributed by atoms with van der Waals surface area (Å²) in [5, 5.41) is 12.5. The molecule has 0 saturated carbocycles. The fraction of sp³-hybridized carbons (Fsp3) is 0.350. The van der Waals surface area contributed by atoms with E-state index >= 15 is 0 Å². The van der Waals surface area contributed by atoms with Crippen molar-refractivity contribution in [1.82, 2.24) is 10.3 Å². The summed E-state index contributed by atoms with van der Waals surface area (Å²) < 4.78 is 11.0. The molecule has 142 valence electrons. The third-order valence-corrected chi connectivity index (χ3v) is 4.66. The predicted octanol–water partition coefficient (Wildman–Crippen LogP) is 2.37. The molecule has 3 rings (SSSR count). The van der Waals surface area contributed by atoms with Crippen molar-refractivity contribution in [3.8, 4) is 5.88 Å². The van der Waals surface area contributed by atoms with Crippen LogP contribution in [-0.2, 0) is 15.1 Å². The lowest BCUT2D eigenvalue weighted by Gasteiger charge is -2.30. The molecule has 2 heterocycles. The van der Waals surface area contributed by atoms with Gasteiger partial charge in [-0.3, -0.25) is 4.79 Å². The number of carboxylic acid groups (broad SMARTS) is 1. The molecule has 7 nitrogen and oxygen atoms in total. The minimum Gasteiger partial charge on any atom is -0.479 e. The molecule has 0 spiro atoms. The number of ether oxygens (including phenoxy) is 2. The monoisotopic (exact) mass is 370 g/mol. The highest BCUT2D eigenvalue weighted by atomic mass is 16.5. The van der Waals surface area contributed by atoms with E-state index in [1.54, 1.807) is 37.3 Å². The van der Waals surface area contributed by atoms with Gasteiger partial charge in [0, 0.05) is 24.2 Å². The van der Waals surface area contributed by atoms with Crippen molar-refractivity contribution >= 4 is 11.9 Å². The van der Waals surface area contributed by atoms with Crippen LogP contribution >= 0.6 is 0 Å². The standard InChI is InChI=1S/C20H22N2O5/c1-2-20(19(24)25,15-6-4-3-5-7-15)22-18(23)14-8-10-21-17(12-14)27-16-9-11-26-13-16/h3-8,10,12,16H,2,9,11,13H2,1H3,(H,22,23)(H,24,25). The number of carbonyl (C=O) groups excluding carboxylic acids is 1. The molecule has 0 bridgehead atoms. The molecule has 2 N–H and O–H groups in total. The maximum absolute atomic E-state index is 12.8. The van der Waals surface area contributed by atoms with Gasteiger partial charge in [0.05, 0.1) is 13.2 Å². The maximum atomic E-state index is 12.8. The Bertz CT molecular complexity index is 805. The lowest BCUT2D eigenvalue weighted by molar-refractivity contribution is -0.145. The van der Waals surface area contributed by atoms with E-state index in [2.05, 4.69) is 10.3 Å². The number of aromatic nitrogens is 1. The SMILES string of the molecule is CCC(NC(=O)c1ccnc(OC2CCOC2)c1)(C(=O)O)c1ccccc1. The Morgan fingerprint density at radius 2 is 2.11 bits per heavy atom. The normalized spacial score (nSPS) is 18.5. The van der Waals surface area contributed by atoms with E-state index in [4.69, 9.17) is 9.47 Å². The summed E-state index contributed by atoms with van der Waals surface area (Å²) in [4.78, 5) is 29.0. The molecule has 0 aliphatic carbocycles. The Labute approximate surface area is 157 Å². The van der Waals surface area contributed by atoms with Gasteiger partial charge < -0.3 is 19.9 Å². The first-order chi connectivity index (χ1) is 13.0. The second-order valence-corrected chi connectivity index (χ2v) is 6.37. The molecule has 1 aromatic heterocycles. The van der Waals surface area contributed by atoms with E-state index in [-0.39, 0.29) is 18.1 Å². The number of aliphatic carboxylic acids is 1. The third-order valence-electron chi connectivity index (χ3n) is 4.66. The van der Waals surface area contributed by atoms with E-state index in [0.717, 1.165) is 6.42 Å². The molecule has 1 amide bonds. The highest BCUT2D eigenvalue weighted by Gasteiger charge is 2.40. The molecular formula is C20H22N2O5. The maximum Gasteiger partial charge on any atom is 0.334 e. The van der Waals surface area contributed by atoms with Crippen LogP contribution in [0.4, 0.5) is 0 Å². The fourth-order valence-corrected chi connectivity index (χ4v) is 3.07. The molecule has 1 aliphatic rings. The number of hydrogen-bond acceptors (Lipinski definition) is 5. The van der Waals surface area contributed by atoms with Crippen LogP contribution in [-0.4, -0.2) is 41.3 Å². The zero-order valence-electron chi connectivity index (χ0n) is 15.1. The summed E-state index contributed by atoms with van der Waals surface area (Å²) in [5.41, 5.74) is -0.710. The second kappa shape index (κ2) is 8.18. The zero-order chi connectivity index (χ0) is 19.3. The van der Waals surface area contributed by atoms with Crippen molar-refractivity contribution in [2.45, 2.75) is 31.4 Å². The van der Waals surface area contributed by atoms with Gasteiger partial charge in [-0.25, -0.2) is 9.78 Å². The van der Waals surface area contributed by atoms with Gasteiger partial charge >= 0.3 is 5.97 Å². The first-order valence-corrected chi connectivity index (χ1v) is 8.87. The highest BCUT2D eigenvalue weighted by molar-refractivity contribution is 5.98. The lowest BCUT2D eigenvalue weighted by atomic mass is 9.87. The minimum absolute atomic E-state index is 0.0890. The highest BCUT2D eigenvalue weighted by Crippen LogP contribution is 2.26. The van der Waals surface area contributed by atoms with Gasteiger partial charge in [-0.2, -0.15) is 0 Å². The van der Waals surface area contributed by atoms with Gasteiger partial charge in [0.15, 0.2) is 5.54 Å². The number of carboxylic acids is 1. The Balaban J connectivity index is 1.82. The van der Waals surface area contributed by atoms with E-state index in [1.807, 2.05) is 0 Å². The number of nitrogens with one attached hydrogen (secondary N) is 1. The summed E-state index contributed by atoms with van der Waals surface area (Å²) >= 11 is 0. The van der Waals surface area contributed by atoms with Crippen LogP contribution in [0.25, 0.3) is 0 Å². The van der Waals surface area contributed by atoms with Gasteiger partial charge in [0.25, 0.3) is 5.91 Å². The van der Waals surface area contributed by atoms with Crippen LogP contribution in [0.5, 0.6) is 5.88 Å². The topological polar surface area (TPSA) is 97.8 Å². The molecule has 7 heteroatoms.